The topological polar surface area (TPSA) is 114 Å². The molecule has 0 radical (unpaired) electrons. The van der Waals surface area contributed by atoms with Crippen LogP contribution in [-0.2, 0) is 27.9 Å². The molecule has 1 amide bonds. The van der Waals surface area contributed by atoms with E-state index in [1.54, 1.807) is 0 Å². The molecule has 10 heteroatoms. The number of allylic oxidation sites excluding steroid dienone is 11. The summed E-state index contributed by atoms with van der Waals surface area (Å²) in [4.78, 5) is 40.0. The van der Waals surface area contributed by atoms with E-state index in [0.717, 1.165) is 83.5 Å². The van der Waals surface area contributed by atoms with Crippen LogP contribution in [-0.4, -0.2) is 69.4 Å². The summed E-state index contributed by atoms with van der Waals surface area (Å²) >= 11 is 0. The first-order valence-electron chi connectivity index (χ1n) is 31.7. The van der Waals surface area contributed by atoms with Gasteiger partial charge >= 0.3 is 5.97 Å². The maximum atomic E-state index is 13.5. The van der Waals surface area contributed by atoms with Gasteiger partial charge in [0.2, 0.25) is 5.91 Å². The maximum absolute atomic E-state index is 13.5. The number of hydrogen-bond donors (Lipinski definition) is 1. The number of hydrogen-bond acceptors (Lipinski definition) is 7. The van der Waals surface area contributed by atoms with Gasteiger partial charge in [-0.15, -0.1) is 0 Å². The van der Waals surface area contributed by atoms with Gasteiger partial charge in [0.05, 0.1) is 33.8 Å². The van der Waals surface area contributed by atoms with Gasteiger partial charge in [0.15, 0.2) is 0 Å². The number of ether oxygens (including phenoxy) is 1. The summed E-state index contributed by atoms with van der Waals surface area (Å²) in [5.41, 5.74) is 0. The van der Waals surface area contributed by atoms with Gasteiger partial charge in [0.1, 0.15) is 19.3 Å². The predicted molar refractivity (Wildman–Crippen MR) is 325 cm³/mol. The smallest absolute Gasteiger partial charge is 0.306 e. The average molecular weight is 1090 g/mol. The first kappa shape index (κ1) is 73.5. The van der Waals surface area contributed by atoms with Crippen molar-refractivity contribution in [3.05, 3.63) is 72.9 Å². The summed E-state index contributed by atoms with van der Waals surface area (Å²) in [6, 6.07) is -0.907. The van der Waals surface area contributed by atoms with E-state index >= 15 is 0 Å². The molecule has 0 heterocycles. The SMILES string of the molecule is CC/C=C/C/C=C/C/C=C/C/C=C/CCCCCC(=O)NC(COP(=O)([O-])OCC[N+](C)(C)C)C(/C=C/CCCCCCCCCCCCC)OC(=O)CCCCCCCCCCCCC/C=C/CCCCCCCC. The Bertz CT molecular complexity index is 1530. The van der Waals surface area contributed by atoms with Crippen LogP contribution in [0.5, 0.6) is 0 Å². The molecule has 0 aliphatic carbocycles. The van der Waals surface area contributed by atoms with Crippen molar-refractivity contribution >= 4 is 19.7 Å². The second-order valence-electron chi connectivity index (χ2n) is 22.5. The van der Waals surface area contributed by atoms with Crippen molar-refractivity contribution in [1.29, 1.82) is 0 Å². The molecule has 0 aromatic carbocycles. The molecule has 3 atom stereocenters. The second kappa shape index (κ2) is 55.8. The number of quaternary nitrogens is 1. The van der Waals surface area contributed by atoms with E-state index in [2.05, 4.69) is 86.8 Å². The van der Waals surface area contributed by atoms with Gasteiger partial charge < -0.3 is 28.5 Å². The van der Waals surface area contributed by atoms with E-state index in [-0.39, 0.29) is 31.3 Å². The van der Waals surface area contributed by atoms with Gasteiger partial charge in [-0.25, -0.2) is 0 Å². The number of nitrogens with zero attached hydrogens (tertiary/aromatic N) is 1. The van der Waals surface area contributed by atoms with Gasteiger partial charge in [0.25, 0.3) is 7.82 Å². The molecular formula is C66H121N2O7P. The summed E-state index contributed by atoms with van der Waals surface area (Å²) < 4.78 is 30.3. The average Bonchev–Trinajstić information content (AvgIpc) is 3.38. The molecule has 0 saturated heterocycles. The van der Waals surface area contributed by atoms with Crippen molar-refractivity contribution < 1.29 is 37.3 Å². The van der Waals surface area contributed by atoms with E-state index < -0.39 is 26.6 Å². The van der Waals surface area contributed by atoms with E-state index in [4.69, 9.17) is 13.8 Å². The quantitative estimate of drug-likeness (QED) is 0.0212. The number of phosphoric ester groups is 1. The normalized spacial score (nSPS) is 14.1. The zero-order valence-corrected chi connectivity index (χ0v) is 51.3. The number of carbonyl (C=O) groups is 2. The Kier molecular flexibility index (Phi) is 53.9. The van der Waals surface area contributed by atoms with Gasteiger partial charge in [0, 0.05) is 12.8 Å². The number of phosphoric acid groups is 1. The lowest BCUT2D eigenvalue weighted by Gasteiger charge is -2.30. The van der Waals surface area contributed by atoms with Crippen LogP contribution in [0.4, 0.5) is 0 Å². The predicted octanol–water partition coefficient (Wildman–Crippen LogP) is 19.0. The Morgan fingerprint density at radius 3 is 1.29 bits per heavy atom. The molecule has 0 rings (SSSR count). The van der Waals surface area contributed by atoms with Crippen LogP contribution in [0.25, 0.3) is 0 Å². The van der Waals surface area contributed by atoms with Crippen LogP contribution in [0.2, 0.25) is 0 Å². The number of nitrogens with one attached hydrogen (secondary N) is 1. The van der Waals surface area contributed by atoms with Crippen LogP contribution in [0.15, 0.2) is 72.9 Å². The maximum Gasteiger partial charge on any atom is 0.306 e. The van der Waals surface area contributed by atoms with Gasteiger partial charge in [-0.1, -0.05) is 248 Å². The molecule has 0 bridgehead atoms. The highest BCUT2D eigenvalue weighted by atomic mass is 31.2. The highest BCUT2D eigenvalue weighted by Gasteiger charge is 2.27. The van der Waals surface area contributed by atoms with Crippen molar-refractivity contribution in [2.75, 3.05) is 40.9 Å². The molecule has 1 N–H and O–H groups in total. The Hall–Kier alpha value is -2.55. The molecule has 0 aliphatic heterocycles. The van der Waals surface area contributed by atoms with Crippen molar-refractivity contribution in [2.24, 2.45) is 0 Å². The van der Waals surface area contributed by atoms with Crippen LogP contribution in [0, 0.1) is 0 Å². The number of rotatable bonds is 57. The minimum absolute atomic E-state index is 0.0306. The molecule has 76 heavy (non-hydrogen) atoms. The third kappa shape index (κ3) is 56.2. The monoisotopic (exact) mass is 1080 g/mol. The molecule has 3 unspecified atom stereocenters. The lowest BCUT2D eigenvalue weighted by atomic mass is 10.0. The van der Waals surface area contributed by atoms with Crippen LogP contribution in [0.1, 0.15) is 284 Å². The van der Waals surface area contributed by atoms with Crippen molar-refractivity contribution in [2.45, 2.75) is 296 Å². The molecular weight excluding hydrogens is 964 g/mol. The minimum Gasteiger partial charge on any atom is -0.756 e. The standard InChI is InChI=1S/C66H121N2O7P/c1-7-10-13-16-19-22-25-28-30-32-33-34-35-36-38-41-44-47-50-53-56-59-66(70)75-64(57-54-51-48-45-42-39-27-24-21-18-15-12-9-3)63(62-74-76(71,72)73-61-60-68(4,5)6)67-65(69)58-55-52-49-46-43-40-37-31-29-26-23-20-17-14-11-8-2/h11,14,20,23,28-31,40,43,54,57,63-64H,7-10,12-13,15-19,21-22,24-27,32-39,41-42,44-53,55-56,58-62H2,1-6H3,(H-,67,69,71,72)/b14-11+,23-20+,30-28+,31-29+,43-40+,57-54+. The Morgan fingerprint density at radius 2 is 0.842 bits per heavy atom. The van der Waals surface area contributed by atoms with E-state index in [9.17, 15) is 19.0 Å². The van der Waals surface area contributed by atoms with Crippen molar-refractivity contribution in [3.8, 4) is 0 Å². The summed E-state index contributed by atoms with van der Waals surface area (Å²) in [7, 11) is 1.16. The Morgan fingerprint density at radius 1 is 0.474 bits per heavy atom. The van der Waals surface area contributed by atoms with Crippen LogP contribution in [0.3, 0.4) is 0 Å². The first-order chi connectivity index (χ1) is 36.9. The second-order valence-corrected chi connectivity index (χ2v) is 23.9. The number of esters is 1. The highest BCUT2D eigenvalue weighted by molar-refractivity contribution is 7.45. The van der Waals surface area contributed by atoms with E-state index in [0.29, 0.717) is 17.4 Å². The highest BCUT2D eigenvalue weighted by Crippen LogP contribution is 2.38. The van der Waals surface area contributed by atoms with Gasteiger partial charge in [-0.05, 0) is 96.0 Å². The number of carbonyl (C=O) groups excluding carboxylic acids is 2. The van der Waals surface area contributed by atoms with Crippen molar-refractivity contribution in [1.82, 2.24) is 5.32 Å². The molecule has 0 saturated carbocycles. The zero-order valence-electron chi connectivity index (χ0n) is 50.4. The number of unbranched alkanes of at least 4 members (excludes halogenated alkanes) is 31. The lowest BCUT2D eigenvalue weighted by molar-refractivity contribution is -0.870. The van der Waals surface area contributed by atoms with Crippen LogP contribution >= 0.6 is 7.82 Å². The fraction of sp³-hybridized carbons (Fsp3) is 0.788. The molecule has 442 valence electrons. The molecule has 0 aromatic rings. The lowest BCUT2D eigenvalue weighted by Crippen LogP contribution is -2.47. The zero-order chi connectivity index (χ0) is 55.7. The third-order valence-electron chi connectivity index (χ3n) is 13.9. The summed E-state index contributed by atoms with van der Waals surface area (Å²) in [6.45, 7) is 6.72. The molecule has 0 aliphatic rings. The van der Waals surface area contributed by atoms with Crippen molar-refractivity contribution in [3.63, 3.8) is 0 Å². The fourth-order valence-electron chi connectivity index (χ4n) is 8.98. The van der Waals surface area contributed by atoms with Crippen LogP contribution < -0.4 is 10.2 Å². The fourth-order valence-corrected chi connectivity index (χ4v) is 9.70. The molecule has 0 aromatic heterocycles. The Labute approximate surface area is 470 Å². The molecule has 0 spiro atoms. The number of amides is 1. The number of likely N-dealkylation sites (N-methyl/N-ethyl adjacent to an activating group) is 1. The summed E-state index contributed by atoms with van der Waals surface area (Å²) in [5, 5.41) is 3.01. The largest absolute Gasteiger partial charge is 0.756 e. The summed E-state index contributed by atoms with van der Waals surface area (Å²) in [6.07, 6.45) is 71.6. The summed E-state index contributed by atoms with van der Waals surface area (Å²) in [5.74, 6) is -0.574. The first-order valence-corrected chi connectivity index (χ1v) is 33.2. The van der Waals surface area contributed by atoms with Gasteiger partial charge in [-0.2, -0.15) is 0 Å². The van der Waals surface area contributed by atoms with Gasteiger partial charge in [-0.3, -0.25) is 14.2 Å². The van der Waals surface area contributed by atoms with E-state index in [1.807, 2.05) is 33.3 Å². The van der Waals surface area contributed by atoms with E-state index in [1.165, 1.54) is 161 Å². The molecule has 0 fully saturated rings. The minimum atomic E-state index is -4.71. The Balaban J connectivity index is 5.28. The third-order valence-corrected chi connectivity index (χ3v) is 14.8. The molecule has 9 nitrogen and oxygen atoms in total.